The Morgan fingerprint density at radius 2 is 1.13 bits per heavy atom. The third-order valence-corrected chi connectivity index (χ3v) is 12.7. The monoisotopic (exact) mass is 1280 g/mol. The molecule has 8 rings (SSSR count). The highest BCUT2D eigenvalue weighted by Crippen LogP contribution is 2.15. The molecular weight excluding hydrogens is 1180 g/mol. The Balaban J connectivity index is 0. The molecule has 0 aliphatic carbocycles. The Morgan fingerprint density at radius 3 is 1.32 bits per heavy atom. The lowest BCUT2D eigenvalue weighted by atomic mass is 10.1. The number of rotatable bonds is 10. The number of nitrogens with zero attached hydrogens (tertiary/aromatic N) is 6. The van der Waals surface area contributed by atoms with Crippen LogP contribution in [0.25, 0.3) is 0 Å². The van der Waals surface area contributed by atoms with Crippen molar-refractivity contribution in [2.24, 2.45) is 33.7 Å². The molecule has 0 bridgehead atoms. The molecule has 0 saturated carbocycles. The molecule has 10 N–H and O–H groups in total. The number of aromatic hydroxyl groups is 1. The number of amidine groups is 2. The predicted octanol–water partition coefficient (Wildman–Crippen LogP) is 9.83. The van der Waals surface area contributed by atoms with Gasteiger partial charge in [-0.25, -0.2) is 15.9 Å². The largest absolute Gasteiger partial charge is 0.502 e. The summed E-state index contributed by atoms with van der Waals surface area (Å²) in [6.07, 6.45) is 3.93. The molecule has 0 atom stereocenters. The van der Waals surface area contributed by atoms with Gasteiger partial charge in [0, 0.05) is 107 Å². The first-order valence-electron chi connectivity index (χ1n) is 28.0. The fraction of sp³-hybridized carbons (Fsp3) is 0.561. The lowest BCUT2D eigenvalue weighted by molar-refractivity contribution is -0.124. The van der Waals surface area contributed by atoms with Gasteiger partial charge in [0.05, 0.1) is 6.26 Å². The number of carbonyl (C=O) groups excluding carboxylic acids is 2. The standard InChI is InChI=1S/C8H10O3.2C6H10N2O.C6H9NO2.C6H9NOS.C5H9N3.2C5H8N2OS.2C5H11NO/c1-5(2)6-3-11-4-7(9)8(6)10;2*1-4(2)6-7-5(3)9-8-6;2*1-4(2)5-3-6(8)7-9-5;1-4(2)5-6-3-7-8-5;1-3(2)4-6-5(8)9-7-4;1-3(2)4-5(8)7-9-6-4;2*1-4(2)5(7)6-3/h3-5,9H,1-2H3;2*4H,3H2,1-2H3,(H,7,8);2*3-4H,1-2H3,(H,7,8);3-4H,1-2H3,(H,6,7,8);3H,1-2H3,(H,6,7,8);3H,1-2H3,(H,7,8);2*4H,1-3H3,(H,6,7). The molecule has 8 heterocycles. The van der Waals surface area contributed by atoms with Gasteiger partial charge in [-0.05, 0) is 25.0 Å². The number of hydroxylamine groups is 2. The molecule has 488 valence electrons. The van der Waals surface area contributed by atoms with E-state index in [1.807, 2.05) is 111 Å². The summed E-state index contributed by atoms with van der Waals surface area (Å²) in [5.74, 6) is 7.73. The summed E-state index contributed by atoms with van der Waals surface area (Å²) < 4.78 is 22.5. The molecule has 2 aliphatic heterocycles. The van der Waals surface area contributed by atoms with Crippen molar-refractivity contribution in [3.8, 4) is 5.75 Å². The average molecular weight is 1280 g/mol. The fourth-order valence-corrected chi connectivity index (χ4v) is 7.09. The Morgan fingerprint density at radius 1 is 0.609 bits per heavy atom. The third-order valence-electron chi connectivity index (χ3n) is 10.4. The third kappa shape index (κ3) is 35.9. The lowest BCUT2D eigenvalue weighted by Crippen LogP contribution is -2.22. The highest BCUT2D eigenvalue weighted by molar-refractivity contribution is 7.05. The number of amides is 2. The second-order valence-corrected chi connectivity index (χ2v) is 23.8. The molecule has 0 unspecified atom stereocenters. The maximum Gasteiger partial charge on any atom is 0.323 e. The van der Waals surface area contributed by atoms with E-state index in [1.54, 1.807) is 20.2 Å². The van der Waals surface area contributed by atoms with E-state index in [0.29, 0.717) is 58.4 Å². The van der Waals surface area contributed by atoms with E-state index >= 15 is 0 Å². The molecule has 2 amide bonds. The summed E-state index contributed by atoms with van der Waals surface area (Å²) in [7, 11) is 3.28. The van der Waals surface area contributed by atoms with Gasteiger partial charge in [-0.15, -0.1) is 0 Å². The Kier molecular flexibility index (Phi) is 40.6. The molecule has 0 fully saturated rings. The van der Waals surface area contributed by atoms with Crippen LogP contribution in [0.5, 0.6) is 5.75 Å². The zero-order valence-corrected chi connectivity index (χ0v) is 56.9. The van der Waals surface area contributed by atoms with Gasteiger partial charge in [0.2, 0.25) is 29.0 Å². The first-order valence-corrected chi connectivity index (χ1v) is 30.3. The number of carbonyl (C=O) groups is 2. The van der Waals surface area contributed by atoms with Crippen LogP contribution in [0.4, 0.5) is 0 Å². The normalized spacial score (nSPS) is 11.7. The van der Waals surface area contributed by atoms with Crippen molar-refractivity contribution in [3.05, 3.63) is 140 Å². The maximum absolute atomic E-state index is 11.1. The second kappa shape index (κ2) is 43.6. The van der Waals surface area contributed by atoms with Crippen LogP contribution in [-0.2, 0) is 19.3 Å². The zero-order valence-electron chi connectivity index (χ0n) is 54.4. The van der Waals surface area contributed by atoms with Gasteiger partial charge in [-0.1, -0.05) is 150 Å². The Bertz CT molecular complexity index is 3050. The summed E-state index contributed by atoms with van der Waals surface area (Å²) >= 11 is 3.50. The number of hydrogen-bond acceptors (Lipinski definition) is 23. The number of hydrogen-bond donors (Lipinski definition) is 10. The van der Waals surface area contributed by atoms with Crippen LogP contribution in [0.3, 0.4) is 0 Å². The second-order valence-electron chi connectivity index (χ2n) is 21.6. The number of aliphatic imine (C=N–C) groups is 2. The Labute approximate surface area is 521 Å². The SMILES string of the molecule is C=C1N=C(C(C)C)NO1.C=C1N=C(C(C)C)NO1.CC(C)c1cc(=O)[nH]o1.CC(C)c1cc(=O)[nH]s1.CC(C)c1cocc(O)c1=O.CC(C)c1ncn[nH]1.CC(C)c1ns[nH]c1=O.CC(C)c1nsc(=O)[nH]1.CNC(=O)C(C)C.CNC(=O)C(C)C. The van der Waals surface area contributed by atoms with Crippen LogP contribution >= 0.6 is 34.8 Å². The molecule has 0 saturated heterocycles. The van der Waals surface area contributed by atoms with Gasteiger partial charge in [0.25, 0.3) is 16.7 Å². The van der Waals surface area contributed by atoms with Crippen molar-refractivity contribution in [3.63, 3.8) is 0 Å². The van der Waals surface area contributed by atoms with Crippen molar-refractivity contribution >= 4 is 58.3 Å². The van der Waals surface area contributed by atoms with Crippen LogP contribution in [0.15, 0.2) is 98.8 Å². The molecule has 0 radical (unpaired) electrons. The van der Waals surface area contributed by atoms with E-state index < -0.39 is 0 Å². The lowest BCUT2D eigenvalue weighted by Gasteiger charge is -2.01. The van der Waals surface area contributed by atoms with Crippen molar-refractivity contribution in [1.82, 2.24) is 64.4 Å². The summed E-state index contributed by atoms with van der Waals surface area (Å²) in [5.41, 5.74) is 5.92. The van der Waals surface area contributed by atoms with Crippen molar-refractivity contribution in [2.45, 2.75) is 174 Å². The molecule has 0 aromatic carbocycles. The van der Waals surface area contributed by atoms with Crippen LogP contribution in [0.2, 0.25) is 0 Å². The maximum atomic E-state index is 11.1. The first-order chi connectivity index (χ1) is 40.5. The van der Waals surface area contributed by atoms with E-state index in [9.17, 15) is 33.6 Å². The number of aromatic nitrogens is 9. The van der Waals surface area contributed by atoms with Crippen LogP contribution < -0.4 is 48.6 Å². The van der Waals surface area contributed by atoms with E-state index in [1.165, 1.54) is 30.2 Å². The van der Waals surface area contributed by atoms with Crippen LogP contribution in [0.1, 0.15) is 208 Å². The molecule has 27 nitrogen and oxygen atoms in total. The average Bonchev–Trinajstić information content (AvgIpc) is 4.29. The summed E-state index contributed by atoms with van der Waals surface area (Å²) in [5, 5.41) is 22.7. The quantitative estimate of drug-likeness (QED) is 0.0609. The first kappa shape index (κ1) is 81.1. The minimum absolute atomic E-state index is 0.0173. The summed E-state index contributed by atoms with van der Waals surface area (Å²) in [6, 6.07) is 3.11. The number of aromatic amines is 5. The zero-order chi connectivity index (χ0) is 67.3. The summed E-state index contributed by atoms with van der Waals surface area (Å²) in [6.45, 7) is 46.4. The fourth-order valence-electron chi connectivity index (χ4n) is 5.20. The van der Waals surface area contributed by atoms with Gasteiger partial charge >= 0.3 is 4.87 Å². The number of nitrogens with one attached hydrogen (secondary N) is 9. The van der Waals surface area contributed by atoms with Crippen molar-refractivity contribution in [1.29, 1.82) is 0 Å². The smallest absolute Gasteiger partial charge is 0.323 e. The van der Waals surface area contributed by atoms with Crippen molar-refractivity contribution < 1.29 is 33.3 Å². The minimum Gasteiger partial charge on any atom is -0.502 e. The van der Waals surface area contributed by atoms with Gasteiger partial charge in [-0.3, -0.25) is 52.4 Å². The van der Waals surface area contributed by atoms with Crippen molar-refractivity contribution in [2.75, 3.05) is 14.1 Å². The van der Waals surface area contributed by atoms with Gasteiger partial charge in [-0.2, -0.15) is 29.0 Å². The molecule has 2 aliphatic rings. The summed E-state index contributed by atoms with van der Waals surface area (Å²) in [4.78, 5) is 99.3. The molecule has 6 aromatic heterocycles. The minimum atomic E-state index is -0.341. The highest BCUT2D eigenvalue weighted by Gasteiger charge is 2.14. The topological polar surface area (TPSA) is 388 Å². The van der Waals surface area contributed by atoms with Crippen LogP contribution in [0, 0.1) is 23.7 Å². The molecular formula is C57H95N15O12S3. The van der Waals surface area contributed by atoms with E-state index in [0.717, 1.165) is 57.7 Å². The molecule has 87 heavy (non-hydrogen) atoms. The highest BCUT2D eigenvalue weighted by atomic mass is 32.1. The Hall–Kier alpha value is -7.99. The van der Waals surface area contributed by atoms with Gasteiger partial charge in [0.1, 0.15) is 47.4 Å². The van der Waals surface area contributed by atoms with Crippen LogP contribution in [-0.4, -0.2) is 85.5 Å². The number of H-pyrrole nitrogens is 5. The van der Waals surface area contributed by atoms with E-state index in [-0.39, 0.29) is 74.1 Å². The van der Waals surface area contributed by atoms with Gasteiger partial charge < -0.3 is 34.4 Å². The van der Waals surface area contributed by atoms with E-state index in [4.69, 9.17) is 23.7 Å². The predicted molar refractivity (Wildman–Crippen MR) is 346 cm³/mol. The van der Waals surface area contributed by atoms with Gasteiger partial charge in [0.15, 0.2) is 5.75 Å². The van der Waals surface area contributed by atoms with E-state index in [2.05, 4.69) is 115 Å². The molecule has 30 heteroatoms. The molecule has 0 spiro atoms. The molecule has 6 aromatic rings.